The molecule has 2 fully saturated rings. The van der Waals surface area contributed by atoms with Crippen molar-refractivity contribution in [1.82, 2.24) is 9.88 Å². The van der Waals surface area contributed by atoms with Crippen molar-refractivity contribution in [3.05, 3.63) is 48.0 Å². The summed E-state index contributed by atoms with van der Waals surface area (Å²) >= 11 is 0. The minimum Gasteiger partial charge on any atom is -0.470 e. The number of furan rings is 1. The van der Waals surface area contributed by atoms with Crippen molar-refractivity contribution < 1.29 is 18.7 Å². The average Bonchev–Trinajstić information content (AvgIpc) is 3.20. The van der Waals surface area contributed by atoms with Gasteiger partial charge in [-0.25, -0.2) is 4.98 Å². The zero-order chi connectivity index (χ0) is 16.5. The summed E-state index contributed by atoms with van der Waals surface area (Å²) in [7, 11) is 0. The Labute approximate surface area is 140 Å². The van der Waals surface area contributed by atoms with Crippen LogP contribution in [-0.4, -0.2) is 47.2 Å². The predicted molar refractivity (Wildman–Crippen MR) is 85.9 cm³/mol. The molecular weight excluding hydrogens is 308 g/mol. The van der Waals surface area contributed by atoms with Crippen molar-refractivity contribution in [3.8, 4) is 5.88 Å². The van der Waals surface area contributed by atoms with Crippen molar-refractivity contribution in [3.63, 3.8) is 0 Å². The van der Waals surface area contributed by atoms with Crippen LogP contribution >= 0.6 is 0 Å². The van der Waals surface area contributed by atoms with Gasteiger partial charge in [0.1, 0.15) is 18.0 Å². The number of hydrogen-bond donors (Lipinski definition) is 0. The van der Waals surface area contributed by atoms with Gasteiger partial charge in [0, 0.05) is 18.9 Å². The summed E-state index contributed by atoms with van der Waals surface area (Å²) in [5.41, 5.74) is 0.609. The topological polar surface area (TPSA) is 64.8 Å². The van der Waals surface area contributed by atoms with E-state index in [4.69, 9.17) is 13.9 Å². The minimum absolute atomic E-state index is 0.0196. The molecule has 2 aliphatic heterocycles. The maximum Gasteiger partial charge on any atom is 0.257 e. The van der Waals surface area contributed by atoms with Crippen molar-refractivity contribution in [2.75, 3.05) is 13.2 Å². The number of rotatable bonds is 3. The van der Waals surface area contributed by atoms with Gasteiger partial charge in [0.15, 0.2) is 0 Å². The number of pyridine rings is 1. The molecule has 2 aliphatic rings. The molecule has 0 aliphatic carbocycles. The fourth-order valence-corrected chi connectivity index (χ4v) is 3.58. The second kappa shape index (κ2) is 6.28. The monoisotopic (exact) mass is 328 g/mol. The second-order valence-electron chi connectivity index (χ2n) is 6.22. The van der Waals surface area contributed by atoms with Crippen LogP contribution in [0.1, 0.15) is 29.0 Å². The summed E-state index contributed by atoms with van der Waals surface area (Å²) in [6.07, 6.45) is 4.80. The number of amides is 1. The van der Waals surface area contributed by atoms with E-state index in [1.807, 2.05) is 23.1 Å². The highest BCUT2D eigenvalue weighted by Crippen LogP contribution is 2.32. The van der Waals surface area contributed by atoms with Crippen molar-refractivity contribution in [2.24, 2.45) is 0 Å². The smallest absolute Gasteiger partial charge is 0.257 e. The van der Waals surface area contributed by atoms with E-state index in [0.717, 1.165) is 12.8 Å². The Morgan fingerprint density at radius 1 is 1.38 bits per heavy atom. The largest absolute Gasteiger partial charge is 0.470 e. The van der Waals surface area contributed by atoms with E-state index in [1.54, 1.807) is 25.5 Å². The van der Waals surface area contributed by atoms with Gasteiger partial charge in [-0.15, -0.1) is 0 Å². The number of hydrogen-bond acceptors (Lipinski definition) is 5. The molecule has 2 saturated heterocycles. The highest BCUT2D eigenvalue weighted by molar-refractivity contribution is 5.95. The normalized spacial score (nSPS) is 26.2. The summed E-state index contributed by atoms with van der Waals surface area (Å²) in [6.45, 7) is 3.01. The minimum atomic E-state index is -0.207. The van der Waals surface area contributed by atoms with Gasteiger partial charge >= 0.3 is 0 Å². The fraction of sp³-hybridized carbons (Fsp3) is 0.444. The fourth-order valence-electron chi connectivity index (χ4n) is 3.58. The SMILES string of the molecule is Cc1occc1C(=O)N1C[C@H](Oc2ccccn2)[C@@H]2OCCC[C@@H]21. The van der Waals surface area contributed by atoms with Crippen LogP contribution in [0.4, 0.5) is 0 Å². The van der Waals surface area contributed by atoms with Gasteiger partial charge in [-0.2, -0.15) is 0 Å². The summed E-state index contributed by atoms with van der Waals surface area (Å²) in [5.74, 6) is 1.18. The van der Waals surface area contributed by atoms with Crippen molar-refractivity contribution in [2.45, 2.75) is 38.0 Å². The Hall–Kier alpha value is -2.34. The van der Waals surface area contributed by atoms with Crippen LogP contribution in [-0.2, 0) is 4.74 Å². The molecule has 126 valence electrons. The Morgan fingerprint density at radius 2 is 2.29 bits per heavy atom. The average molecular weight is 328 g/mol. The first-order chi connectivity index (χ1) is 11.7. The van der Waals surface area contributed by atoms with E-state index >= 15 is 0 Å². The van der Waals surface area contributed by atoms with Gasteiger partial charge in [0.25, 0.3) is 5.91 Å². The molecule has 0 unspecified atom stereocenters. The van der Waals surface area contributed by atoms with Crippen LogP contribution in [0.5, 0.6) is 5.88 Å². The number of fused-ring (bicyclic) bond motifs is 1. The Morgan fingerprint density at radius 3 is 3.04 bits per heavy atom. The molecule has 0 spiro atoms. The first kappa shape index (κ1) is 15.2. The van der Waals surface area contributed by atoms with E-state index < -0.39 is 0 Å². The first-order valence-corrected chi connectivity index (χ1v) is 8.28. The van der Waals surface area contributed by atoms with Gasteiger partial charge in [-0.1, -0.05) is 6.07 Å². The second-order valence-corrected chi connectivity index (χ2v) is 6.22. The molecule has 6 nitrogen and oxygen atoms in total. The van der Waals surface area contributed by atoms with Crippen LogP contribution in [0.3, 0.4) is 0 Å². The van der Waals surface area contributed by atoms with E-state index in [-0.39, 0.29) is 24.2 Å². The third kappa shape index (κ3) is 2.67. The van der Waals surface area contributed by atoms with Gasteiger partial charge in [0.2, 0.25) is 5.88 Å². The van der Waals surface area contributed by atoms with Crippen molar-refractivity contribution in [1.29, 1.82) is 0 Å². The van der Waals surface area contributed by atoms with Gasteiger partial charge in [0.05, 0.1) is 24.4 Å². The summed E-state index contributed by atoms with van der Waals surface area (Å²) in [5, 5.41) is 0. The zero-order valence-corrected chi connectivity index (χ0v) is 13.6. The van der Waals surface area contributed by atoms with Crippen LogP contribution in [0.15, 0.2) is 41.1 Å². The standard InChI is InChI=1S/C18H20N2O4/c1-12-13(7-10-22-12)18(21)20-11-15(17-14(20)5-4-9-23-17)24-16-6-2-3-8-19-16/h2-3,6-8,10,14-15,17H,4-5,9,11H2,1H3/t14-,15-,17+/m0/s1. The zero-order valence-electron chi connectivity index (χ0n) is 13.6. The number of likely N-dealkylation sites (tertiary alicyclic amines) is 1. The Bertz CT molecular complexity index is 715. The van der Waals surface area contributed by atoms with Gasteiger partial charge in [-0.05, 0) is 31.9 Å². The molecule has 1 amide bonds. The van der Waals surface area contributed by atoms with Crippen LogP contribution in [0.25, 0.3) is 0 Å². The molecule has 2 aromatic rings. The third-order valence-corrected chi connectivity index (χ3v) is 4.74. The molecular formula is C18H20N2O4. The molecule has 3 atom stereocenters. The summed E-state index contributed by atoms with van der Waals surface area (Å²) < 4.78 is 17.2. The van der Waals surface area contributed by atoms with E-state index in [2.05, 4.69) is 4.98 Å². The molecule has 0 radical (unpaired) electrons. The van der Waals surface area contributed by atoms with Crippen LogP contribution in [0.2, 0.25) is 0 Å². The maximum atomic E-state index is 12.9. The molecule has 0 aromatic carbocycles. The molecule has 4 rings (SSSR count). The highest BCUT2D eigenvalue weighted by atomic mass is 16.5. The predicted octanol–water partition coefficient (Wildman–Crippen LogP) is 2.43. The van der Waals surface area contributed by atoms with E-state index in [1.165, 1.54) is 0 Å². The molecule has 0 saturated carbocycles. The lowest BCUT2D eigenvalue weighted by atomic mass is 10.0. The molecule has 0 bridgehead atoms. The molecule has 6 heteroatoms. The van der Waals surface area contributed by atoms with Gasteiger partial charge < -0.3 is 18.8 Å². The van der Waals surface area contributed by atoms with E-state index in [0.29, 0.717) is 30.4 Å². The number of carbonyl (C=O) groups is 1. The molecule has 24 heavy (non-hydrogen) atoms. The Balaban J connectivity index is 1.57. The molecule has 0 N–H and O–H groups in total. The quantitative estimate of drug-likeness (QED) is 0.866. The molecule has 2 aromatic heterocycles. The molecule has 4 heterocycles. The lowest BCUT2D eigenvalue weighted by Gasteiger charge is -2.31. The third-order valence-electron chi connectivity index (χ3n) is 4.74. The Kier molecular flexibility index (Phi) is 3.98. The number of nitrogens with zero attached hydrogens (tertiary/aromatic N) is 2. The van der Waals surface area contributed by atoms with Crippen LogP contribution in [0, 0.1) is 6.92 Å². The van der Waals surface area contributed by atoms with Crippen LogP contribution < -0.4 is 4.74 Å². The van der Waals surface area contributed by atoms with Crippen molar-refractivity contribution >= 4 is 5.91 Å². The number of carbonyl (C=O) groups excluding carboxylic acids is 1. The lowest BCUT2D eigenvalue weighted by Crippen LogP contribution is -2.44. The first-order valence-electron chi connectivity index (χ1n) is 8.28. The maximum absolute atomic E-state index is 12.9. The number of aromatic nitrogens is 1. The van der Waals surface area contributed by atoms with E-state index in [9.17, 15) is 4.79 Å². The summed E-state index contributed by atoms with van der Waals surface area (Å²) in [6, 6.07) is 7.31. The summed E-state index contributed by atoms with van der Waals surface area (Å²) in [4.78, 5) is 19.0. The van der Waals surface area contributed by atoms with Gasteiger partial charge in [-0.3, -0.25) is 4.79 Å². The number of aryl methyl sites for hydroxylation is 1. The lowest BCUT2D eigenvalue weighted by molar-refractivity contribution is -0.0455. The highest BCUT2D eigenvalue weighted by Gasteiger charge is 2.48. The number of ether oxygens (including phenoxy) is 2.